The summed E-state index contributed by atoms with van der Waals surface area (Å²) in [4.78, 5) is 8.03. The summed E-state index contributed by atoms with van der Waals surface area (Å²) in [6, 6.07) is 3.91. The summed E-state index contributed by atoms with van der Waals surface area (Å²) in [5.41, 5.74) is 3.97. The van der Waals surface area contributed by atoms with Crippen molar-refractivity contribution in [3.63, 3.8) is 0 Å². The molecule has 0 saturated carbocycles. The lowest BCUT2D eigenvalue weighted by Gasteiger charge is -2.08. The van der Waals surface area contributed by atoms with E-state index in [1.54, 1.807) is 13.1 Å². The van der Waals surface area contributed by atoms with Crippen molar-refractivity contribution in [1.82, 2.24) is 0 Å². The van der Waals surface area contributed by atoms with E-state index >= 15 is 0 Å². The van der Waals surface area contributed by atoms with Gasteiger partial charge in [-0.1, -0.05) is 30.9 Å². The number of nitrogens with zero attached hydrogens (tertiary/aromatic N) is 2. The molecule has 0 aliphatic rings. The second kappa shape index (κ2) is 5.81. The highest BCUT2D eigenvalue weighted by Crippen LogP contribution is 2.27. The largest absolute Gasteiger partial charge is 0.296 e. The van der Waals surface area contributed by atoms with Crippen LogP contribution >= 0.6 is 0 Å². The van der Waals surface area contributed by atoms with Crippen molar-refractivity contribution in [2.45, 2.75) is 6.92 Å². The van der Waals surface area contributed by atoms with Crippen LogP contribution in [0.2, 0.25) is 0 Å². The van der Waals surface area contributed by atoms with Crippen molar-refractivity contribution in [1.29, 1.82) is 0 Å². The van der Waals surface area contributed by atoms with E-state index in [-0.39, 0.29) is 0 Å². The molecule has 82 valence electrons. The van der Waals surface area contributed by atoms with Crippen LogP contribution in [0.3, 0.4) is 0 Å². The van der Waals surface area contributed by atoms with Crippen molar-refractivity contribution in [3.05, 3.63) is 41.5 Å². The van der Waals surface area contributed by atoms with Crippen LogP contribution in [0, 0.1) is 0 Å². The summed E-state index contributed by atoms with van der Waals surface area (Å²) in [7, 11) is 1.76. The van der Waals surface area contributed by atoms with E-state index < -0.39 is 0 Å². The predicted octanol–water partition coefficient (Wildman–Crippen LogP) is 3.74. The van der Waals surface area contributed by atoms with Crippen LogP contribution in [0.15, 0.2) is 34.8 Å². The lowest BCUT2D eigenvalue weighted by molar-refractivity contribution is 1.44. The molecule has 2 heteroatoms. The molecule has 1 rings (SSSR count). The highest BCUT2D eigenvalue weighted by molar-refractivity contribution is 5.90. The van der Waals surface area contributed by atoms with Gasteiger partial charge in [0.2, 0.25) is 0 Å². The Balaban J connectivity index is 3.55. The van der Waals surface area contributed by atoms with Gasteiger partial charge in [0.25, 0.3) is 0 Å². The Hall–Kier alpha value is -1.96. The number of aliphatic imine (C=N–C) groups is 2. The average molecular weight is 212 g/mol. The van der Waals surface area contributed by atoms with Gasteiger partial charge in [0.05, 0.1) is 5.69 Å². The molecule has 1 aromatic rings. The van der Waals surface area contributed by atoms with Crippen LogP contribution in [0.25, 0.3) is 12.2 Å². The molecule has 0 amide bonds. The molecule has 0 fully saturated rings. The zero-order chi connectivity index (χ0) is 12.0. The van der Waals surface area contributed by atoms with E-state index in [0.717, 1.165) is 22.4 Å². The van der Waals surface area contributed by atoms with E-state index in [0.29, 0.717) is 0 Å². The number of hydrogen-bond acceptors (Lipinski definition) is 2. The van der Waals surface area contributed by atoms with Gasteiger partial charge < -0.3 is 0 Å². The smallest absolute Gasteiger partial charge is 0.0700 e. The fourth-order valence-electron chi connectivity index (χ4n) is 1.60. The van der Waals surface area contributed by atoms with E-state index in [1.807, 2.05) is 37.4 Å². The summed E-state index contributed by atoms with van der Waals surface area (Å²) in [5, 5.41) is 0. The summed E-state index contributed by atoms with van der Waals surface area (Å²) in [6.45, 7) is 9.36. The molecule has 0 heterocycles. The maximum Gasteiger partial charge on any atom is 0.0700 e. The topological polar surface area (TPSA) is 24.7 Å². The van der Waals surface area contributed by atoms with Gasteiger partial charge in [0, 0.05) is 24.4 Å². The second-order valence-corrected chi connectivity index (χ2v) is 3.25. The SMILES string of the molecule is C=Cc1c(N=C)ccc(C=NC)c1/C=C\C. The molecule has 1 aromatic carbocycles. The van der Waals surface area contributed by atoms with Gasteiger partial charge in [-0.3, -0.25) is 9.98 Å². The molecule has 0 radical (unpaired) electrons. The lowest BCUT2D eigenvalue weighted by Crippen LogP contribution is -1.91. The van der Waals surface area contributed by atoms with Crippen LogP contribution in [0.1, 0.15) is 23.6 Å². The van der Waals surface area contributed by atoms with Gasteiger partial charge in [0.1, 0.15) is 0 Å². The fourth-order valence-corrected chi connectivity index (χ4v) is 1.60. The minimum Gasteiger partial charge on any atom is -0.296 e. The van der Waals surface area contributed by atoms with Crippen LogP contribution in [-0.2, 0) is 0 Å². The van der Waals surface area contributed by atoms with Crippen molar-refractivity contribution in [2.75, 3.05) is 7.05 Å². The maximum atomic E-state index is 4.04. The van der Waals surface area contributed by atoms with E-state index in [4.69, 9.17) is 0 Å². The molecule has 2 nitrogen and oxygen atoms in total. The normalized spacial score (nSPS) is 11.1. The Morgan fingerprint density at radius 2 is 2.00 bits per heavy atom. The molecule has 0 bridgehead atoms. The third-order valence-electron chi connectivity index (χ3n) is 2.27. The van der Waals surface area contributed by atoms with Crippen molar-refractivity contribution < 1.29 is 0 Å². The van der Waals surface area contributed by atoms with Gasteiger partial charge in [-0.15, -0.1) is 0 Å². The Labute approximate surface area is 96.8 Å². The number of rotatable bonds is 4. The first-order valence-electron chi connectivity index (χ1n) is 5.09. The molecule has 0 unspecified atom stereocenters. The Kier molecular flexibility index (Phi) is 4.40. The molecule has 16 heavy (non-hydrogen) atoms. The van der Waals surface area contributed by atoms with E-state index in [1.165, 1.54) is 0 Å². The molecule has 0 atom stereocenters. The zero-order valence-corrected chi connectivity index (χ0v) is 9.77. The standard InChI is InChI=1S/C14H16N2/c1-5-7-13-11(10-15-3)8-9-14(16-4)12(13)6-2/h5-10H,2,4H2,1,3H3/b7-5-,15-10?. The van der Waals surface area contributed by atoms with Crippen molar-refractivity contribution in [3.8, 4) is 0 Å². The number of benzene rings is 1. The van der Waals surface area contributed by atoms with Crippen molar-refractivity contribution in [2.24, 2.45) is 9.98 Å². The van der Waals surface area contributed by atoms with Gasteiger partial charge in [0.15, 0.2) is 0 Å². The molecule has 0 aromatic heterocycles. The first-order chi connectivity index (χ1) is 7.78. The average Bonchev–Trinajstić information content (AvgIpc) is 2.31. The monoisotopic (exact) mass is 212 g/mol. The number of hydrogen-bond donors (Lipinski definition) is 0. The first-order valence-corrected chi connectivity index (χ1v) is 5.09. The first kappa shape index (κ1) is 12.1. The lowest BCUT2D eigenvalue weighted by atomic mass is 9.99. The Morgan fingerprint density at radius 3 is 2.50 bits per heavy atom. The third-order valence-corrected chi connectivity index (χ3v) is 2.27. The summed E-state index contributed by atoms with van der Waals surface area (Å²) < 4.78 is 0. The van der Waals surface area contributed by atoms with Gasteiger partial charge >= 0.3 is 0 Å². The molecular formula is C14H16N2. The predicted molar refractivity (Wildman–Crippen MR) is 74.0 cm³/mol. The van der Waals surface area contributed by atoms with Crippen LogP contribution in [0.5, 0.6) is 0 Å². The van der Waals surface area contributed by atoms with E-state index in [2.05, 4.69) is 23.3 Å². The second-order valence-electron chi connectivity index (χ2n) is 3.25. The number of allylic oxidation sites excluding steroid dienone is 1. The molecule has 0 N–H and O–H groups in total. The Bertz CT molecular complexity index is 454. The third kappa shape index (κ3) is 2.34. The van der Waals surface area contributed by atoms with Crippen molar-refractivity contribution >= 4 is 30.8 Å². The van der Waals surface area contributed by atoms with E-state index in [9.17, 15) is 0 Å². The summed E-state index contributed by atoms with van der Waals surface area (Å²) >= 11 is 0. The quantitative estimate of drug-likeness (QED) is 0.679. The highest BCUT2D eigenvalue weighted by Gasteiger charge is 2.06. The van der Waals surface area contributed by atoms with Gasteiger partial charge in [-0.2, -0.15) is 0 Å². The minimum atomic E-state index is 0.844. The molecule has 0 aliphatic heterocycles. The molecule has 0 saturated heterocycles. The Morgan fingerprint density at radius 1 is 1.25 bits per heavy atom. The van der Waals surface area contributed by atoms with Crippen LogP contribution in [-0.4, -0.2) is 20.0 Å². The fraction of sp³-hybridized carbons (Fsp3) is 0.143. The summed E-state index contributed by atoms with van der Waals surface area (Å²) in [6.07, 6.45) is 7.65. The minimum absolute atomic E-state index is 0.844. The maximum absolute atomic E-state index is 4.04. The summed E-state index contributed by atoms with van der Waals surface area (Å²) in [5.74, 6) is 0. The highest BCUT2D eigenvalue weighted by atomic mass is 14.7. The van der Waals surface area contributed by atoms with Gasteiger partial charge in [-0.25, -0.2) is 0 Å². The molecular weight excluding hydrogens is 196 g/mol. The van der Waals surface area contributed by atoms with Crippen LogP contribution < -0.4 is 0 Å². The van der Waals surface area contributed by atoms with Crippen LogP contribution in [0.4, 0.5) is 5.69 Å². The molecule has 0 spiro atoms. The van der Waals surface area contributed by atoms with Gasteiger partial charge in [-0.05, 0) is 25.3 Å². The zero-order valence-electron chi connectivity index (χ0n) is 9.77. The molecule has 0 aliphatic carbocycles.